The maximum Gasteiger partial charge on any atom is 0.358 e. The zero-order chi connectivity index (χ0) is 16.1. The predicted octanol–water partition coefficient (Wildman–Crippen LogP) is 3.28. The maximum atomic E-state index is 11.9. The van der Waals surface area contributed by atoms with E-state index in [9.17, 15) is 4.79 Å². The van der Waals surface area contributed by atoms with Crippen molar-refractivity contribution < 1.29 is 9.53 Å². The molecule has 1 aromatic carbocycles. The lowest BCUT2D eigenvalue weighted by Crippen LogP contribution is -2.21. The minimum absolute atomic E-state index is 0.163. The molecule has 0 fully saturated rings. The molecule has 1 aromatic heterocycles. The summed E-state index contributed by atoms with van der Waals surface area (Å²) in [6, 6.07) is 12.2. The molecule has 2 rings (SSSR count). The van der Waals surface area contributed by atoms with Gasteiger partial charge in [0, 0.05) is 25.7 Å². The Labute approximate surface area is 131 Å². The van der Waals surface area contributed by atoms with Crippen LogP contribution in [0.2, 0.25) is 0 Å². The van der Waals surface area contributed by atoms with Gasteiger partial charge in [-0.05, 0) is 26.3 Å². The molecule has 0 aliphatic rings. The molecule has 0 N–H and O–H groups in total. The Morgan fingerprint density at radius 2 is 2.00 bits per heavy atom. The van der Waals surface area contributed by atoms with Crippen molar-refractivity contribution in [1.29, 1.82) is 0 Å². The van der Waals surface area contributed by atoms with E-state index in [1.165, 1.54) is 5.56 Å². The van der Waals surface area contributed by atoms with E-state index in [0.29, 0.717) is 12.3 Å². The van der Waals surface area contributed by atoms with Crippen LogP contribution < -0.4 is 4.90 Å². The Hall–Kier alpha value is -2.30. The number of carbonyl (C=O) groups excluding carboxylic acids is 1. The van der Waals surface area contributed by atoms with Crippen LogP contribution >= 0.6 is 0 Å². The summed E-state index contributed by atoms with van der Waals surface area (Å²) in [5.74, 6) is 0.526. The summed E-state index contributed by atoms with van der Waals surface area (Å²) in [5.41, 5.74) is 1.56. The van der Waals surface area contributed by atoms with Crippen LogP contribution in [0.25, 0.3) is 0 Å². The third kappa shape index (κ3) is 3.67. The molecule has 0 aliphatic heterocycles. The van der Waals surface area contributed by atoms with Crippen LogP contribution in [-0.2, 0) is 11.3 Å². The normalized spacial score (nSPS) is 10.8. The van der Waals surface area contributed by atoms with Gasteiger partial charge in [-0.1, -0.05) is 30.3 Å². The lowest BCUT2D eigenvalue weighted by Gasteiger charge is -2.21. The predicted molar refractivity (Wildman–Crippen MR) is 87.1 cm³/mol. The van der Waals surface area contributed by atoms with Crippen LogP contribution in [0.3, 0.4) is 0 Å². The van der Waals surface area contributed by atoms with Gasteiger partial charge in [-0.3, -0.25) is 0 Å². The van der Waals surface area contributed by atoms with Gasteiger partial charge in [0.15, 0.2) is 5.69 Å². The Morgan fingerprint density at radius 1 is 1.32 bits per heavy atom. The fraction of sp³-hybridized carbons (Fsp3) is 0.412. The molecular weight excluding hydrogens is 278 g/mol. The highest BCUT2D eigenvalue weighted by atomic mass is 16.5. The molecule has 5 nitrogen and oxygen atoms in total. The van der Waals surface area contributed by atoms with Gasteiger partial charge in [0.1, 0.15) is 5.82 Å². The van der Waals surface area contributed by atoms with Crippen molar-refractivity contribution in [3.05, 3.63) is 47.7 Å². The molecule has 0 bridgehead atoms. The van der Waals surface area contributed by atoms with E-state index in [4.69, 9.17) is 4.74 Å². The Kier molecular flexibility index (Phi) is 5.20. The molecule has 0 atom stereocenters. The highest BCUT2D eigenvalue weighted by Gasteiger charge is 2.19. The van der Waals surface area contributed by atoms with Crippen LogP contribution in [-0.4, -0.2) is 29.4 Å². The second-order valence-corrected chi connectivity index (χ2v) is 5.49. The second-order valence-electron chi connectivity index (χ2n) is 5.49. The van der Waals surface area contributed by atoms with Gasteiger partial charge in [0.2, 0.25) is 0 Å². The van der Waals surface area contributed by atoms with Gasteiger partial charge in [0.05, 0.1) is 6.61 Å². The maximum absolute atomic E-state index is 11.9. The first-order chi connectivity index (χ1) is 10.5. The number of hydrogen-bond donors (Lipinski definition) is 0. The van der Waals surface area contributed by atoms with Crippen LogP contribution in [0.15, 0.2) is 36.4 Å². The standard InChI is InChI=1S/C17H23N3O2/c1-5-22-17(21)15-11-16(20(18-15)13(2)3)19(4)12-14-9-7-6-8-10-14/h6-11,13H,5,12H2,1-4H3. The van der Waals surface area contributed by atoms with E-state index in [0.717, 1.165) is 12.4 Å². The van der Waals surface area contributed by atoms with Crippen LogP contribution in [0, 0.1) is 0 Å². The van der Waals surface area contributed by atoms with Crippen molar-refractivity contribution in [1.82, 2.24) is 9.78 Å². The third-order valence-electron chi connectivity index (χ3n) is 3.34. The monoisotopic (exact) mass is 301 g/mol. The highest BCUT2D eigenvalue weighted by Crippen LogP contribution is 2.22. The van der Waals surface area contributed by atoms with Crippen molar-refractivity contribution in [3.63, 3.8) is 0 Å². The lowest BCUT2D eigenvalue weighted by molar-refractivity contribution is 0.0518. The molecule has 5 heteroatoms. The first-order valence-corrected chi connectivity index (χ1v) is 7.54. The topological polar surface area (TPSA) is 47.4 Å². The van der Waals surface area contributed by atoms with E-state index in [1.54, 1.807) is 13.0 Å². The van der Waals surface area contributed by atoms with Crippen molar-refractivity contribution in [3.8, 4) is 0 Å². The quantitative estimate of drug-likeness (QED) is 0.768. The molecule has 0 unspecified atom stereocenters. The number of benzene rings is 1. The van der Waals surface area contributed by atoms with Crippen LogP contribution in [0.5, 0.6) is 0 Å². The lowest BCUT2D eigenvalue weighted by atomic mass is 10.2. The summed E-state index contributed by atoms with van der Waals surface area (Å²) in [4.78, 5) is 14.0. The average Bonchev–Trinajstić information content (AvgIpc) is 2.94. The Bertz CT molecular complexity index is 620. The van der Waals surface area contributed by atoms with Crippen molar-refractivity contribution in [2.75, 3.05) is 18.6 Å². The van der Waals surface area contributed by atoms with E-state index >= 15 is 0 Å². The van der Waals surface area contributed by atoms with Crippen molar-refractivity contribution in [2.45, 2.75) is 33.4 Å². The zero-order valence-electron chi connectivity index (χ0n) is 13.6. The average molecular weight is 301 g/mol. The summed E-state index contributed by atoms with van der Waals surface area (Å²) in [6.45, 7) is 6.98. The molecule has 0 amide bonds. The van der Waals surface area contributed by atoms with Crippen LogP contribution in [0.4, 0.5) is 5.82 Å². The fourth-order valence-electron chi connectivity index (χ4n) is 2.29. The number of anilines is 1. The van der Waals surface area contributed by atoms with Gasteiger partial charge in [-0.2, -0.15) is 5.10 Å². The van der Waals surface area contributed by atoms with E-state index in [1.807, 2.05) is 43.8 Å². The largest absolute Gasteiger partial charge is 0.461 e. The highest BCUT2D eigenvalue weighted by molar-refractivity contribution is 5.88. The number of nitrogens with zero attached hydrogens (tertiary/aromatic N) is 3. The first kappa shape index (κ1) is 16.1. The smallest absolute Gasteiger partial charge is 0.358 e. The molecule has 22 heavy (non-hydrogen) atoms. The number of ether oxygens (including phenoxy) is 1. The number of carbonyl (C=O) groups is 1. The van der Waals surface area contributed by atoms with Crippen molar-refractivity contribution in [2.24, 2.45) is 0 Å². The summed E-state index contributed by atoms with van der Waals surface area (Å²) >= 11 is 0. The SMILES string of the molecule is CCOC(=O)c1cc(N(C)Cc2ccccc2)n(C(C)C)n1. The van der Waals surface area contributed by atoms with Gasteiger partial charge in [-0.25, -0.2) is 9.48 Å². The number of esters is 1. The molecule has 0 spiro atoms. The van der Waals surface area contributed by atoms with E-state index < -0.39 is 0 Å². The van der Waals surface area contributed by atoms with E-state index in [2.05, 4.69) is 22.1 Å². The Balaban J connectivity index is 2.26. The Morgan fingerprint density at radius 3 is 2.59 bits per heavy atom. The minimum Gasteiger partial charge on any atom is -0.461 e. The van der Waals surface area contributed by atoms with Crippen LogP contribution in [0.1, 0.15) is 42.9 Å². The van der Waals surface area contributed by atoms with Gasteiger partial charge >= 0.3 is 5.97 Å². The number of hydrogen-bond acceptors (Lipinski definition) is 4. The van der Waals surface area contributed by atoms with Crippen molar-refractivity contribution >= 4 is 11.8 Å². The molecule has 118 valence electrons. The summed E-state index contributed by atoms with van der Waals surface area (Å²) in [7, 11) is 2.00. The molecule has 0 aliphatic carbocycles. The molecule has 0 radical (unpaired) electrons. The summed E-state index contributed by atoms with van der Waals surface area (Å²) in [5, 5.41) is 4.39. The molecular formula is C17H23N3O2. The first-order valence-electron chi connectivity index (χ1n) is 7.54. The minimum atomic E-state index is -0.378. The van der Waals surface area contributed by atoms with Gasteiger partial charge in [-0.15, -0.1) is 0 Å². The third-order valence-corrected chi connectivity index (χ3v) is 3.34. The second kappa shape index (κ2) is 7.11. The van der Waals surface area contributed by atoms with Gasteiger partial charge < -0.3 is 9.64 Å². The molecule has 0 saturated carbocycles. The molecule has 0 saturated heterocycles. The summed E-state index contributed by atoms with van der Waals surface area (Å²) < 4.78 is 6.90. The molecule has 2 aromatic rings. The number of aromatic nitrogens is 2. The molecule has 1 heterocycles. The fourth-order valence-corrected chi connectivity index (χ4v) is 2.29. The zero-order valence-corrected chi connectivity index (χ0v) is 13.6. The summed E-state index contributed by atoms with van der Waals surface area (Å²) in [6.07, 6.45) is 0. The number of rotatable bonds is 6. The van der Waals surface area contributed by atoms with E-state index in [-0.39, 0.29) is 12.0 Å². The van der Waals surface area contributed by atoms with Gasteiger partial charge in [0.25, 0.3) is 0 Å².